The molecule has 0 saturated heterocycles. The number of carbonyl (C=O) groups is 2. The lowest BCUT2D eigenvalue weighted by atomic mass is 10.0. The number of H-pyrrole nitrogens is 1. The number of nitrogens with zero attached hydrogens (tertiary/aromatic N) is 2. The Morgan fingerprint density at radius 2 is 2.21 bits per heavy atom. The number of carbonyl (C=O) groups excluding carboxylic acids is 2. The Balaban J connectivity index is 1.59. The lowest BCUT2D eigenvalue weighted by Crippen LogP contribution is -2.35. The minimum absolute atomic E-state index is 0.102. The SMILES string of the molecule is C=C/C=C(/OC)C(=C)CCC(=O)Nc1sc2c(c1CN)CCN(C(=O)CCc1ncc[nH]1)C2. The fraction of sp³-hybridized carbons (Fsp3) is 0.375. The van der Waals surface area contributed by atoms with Gasteiger partial charge < -0.3 is 25.7 Å². The number of anilines is 1. The van der Waals surface area contributed by atoms with Crippen LogP contribution in [-0.4, -0.2) is 40.3 Å². The summed E-state index contributed by atoms with van der Waals surface area (Å²) in [6.45, 7) is 9.17. The van der Waals surface area contributed by atoms with E-state index in [2.05, 4.69) is 28.4 Å². The maximum Gasteiger partial charge on any atom is 0.225 e. The maximum absolute atomic E-state index is 12.7. The van der Waals surface area contributed by atoms with Gasteiger partial charge in [0.05, 0.1) is 18.7 Å². The van der Waals surface area contributed by atoms with Crippen LogP contribution in [0.5, 0.6) is 0 Å². The number of fused-ring (bicyclic) bond motifs is 1. The number of allylic oxidation sites excluding steroid dienone is 3. The number of nitrogens with one attached hydrogen (secondary N) is 2. The average Bonchev–Trinajstić information content (AvgIpc) is 3.46. The summed E-state index contributed by atoms with van der Waals surface area (Å²) >= 11 is 1.51. The van der Waals surface area contributed by atoms with Crippen LogP contribution in [0, 0.1) is 0 Å². The van der Waals surface area contributed by atoms with Crippen molar-refractivity contribution in [1.82, 2.24) is 14.9 Å². The van der Waals surface area contributed by atoms with E-state index in [4.69, 9.17) is 10.5 Å². The molecule has 4 N–H and O–H groups in total. The van der Waals surface area contributed by atoms with E-state index in [1.54, 1.807) is 31.7 Å². The van der Waals surface area contributed by atoms with Crippen LogP contribution in [-0.2, 0) is 40.3 Å². The summed E-state index contributed by atoms with van der Waals surface area (Å²) in [4.78, 5) is 35.4. The molecular weight excluding hydrogens is 438 g/mol. The molecule has 1 aliphatic heterocycles. The van der Waals surface area contributed by atoms with Gasteiger partial charge >= 0.3 is 0 Å². The summed E-state index contributed by atoms with van der Waals surface area (Å²) in [6, 6.07) is 0. The molecule has 3 heterocycles. The third kappa shape index (κ3) is 6.21. The molecule has 3 rings (SSSR count). The van der Waals surface area contributed by atoms with E-state index in [1.807, 2.05) is 4.90 Å². The van der Waals surface area contributed by atoms with Crippen molar-refractivity contribution in [1.29, 1.82) is 0 Å². The van der Waals surface area contributed by atoms with Gasteiger partial charge in [-0.05, 0) is 30.1 Å². The Bertz CT molecular complexity index is 1040. The van der Waals surface area contributed by atoms with Gasteiger partial charge in [0, 0.05) is 55.2 Å². The van der Waals surface area contributed by atoms with Crippen molar-refractivity contribution in [2.24, 2.45) is 5.73 Å². The normalized spacial score (nSPS) is 13.4. The van der Waals surface area contributed by atoms with Crippen molar-refractivity contribution in [2.75, 3.05) is 19.0 Å². The molecule has 0 radical (unpaired) electrons. The summed E-state index contributed by atoms with van der Waals surface area (Å²) < 4.78 is 5.27. The third-order valence-corrected chi connectivity index (χ3v) is 6.77. The number of imidazole rings is 1. The quantitative estimate of drug-likeness (QED) is 0.345. The predicted octanol–water partition coefficient (Wildman–Crippen LogP) is 3.44. The molecule has 8 nitrogen and oxygen atoms in total. The van der Waals surface area contributed by atoms with Crippen LogP contribution in [0.4, 0.5) is 5.00 Å². The fourth-order valence-corrected chi connectivity index (χ4v) is 5.14. The van der Waals surface area contributed by atoms with Crippen LogP contribution in [0.1, 0.15) is 41.1 Å². The zero-order chi connectivity index (χ0) is 23.8. The van der Waals surface area contributed by atoms with Gasteiger partial charge in [0.1, 0.15) is 11.6 Å². The van der Waals surface area contributed by atoms with Gasteiger partial charge in [0.2, 0.25) is 11.8 Å². The van der Waals surface area contributed by atoms with Crippen molar-refractivity contribution in [3.63, 3.8) is 0 Å². The second-order valence-corrected chi connectivity index (χ2v) is 8.84. The number of thiophene rings is 1. The number of aromatic nitrogens is 2. The Hall–Kier alpha value is -3.17. The lowest BCUT2D eigenvalue weighted by molar-refractivity contribution is -0.132. The van der Waals surface area contributed by atoms with Gasteiger partial charge in [-0.15, -0.1) is 11.3 Å². The standard InChI is InChI=1S/C24H31N5O3S/c1-4-5-19(32-3)16(2)6-8-22(30)28-24-18(14-25)17-10-13-29(15-20(17)33-24)23(31)9-7-21-26-11-12-27-21/h4-5,11-12H,1-2,6-10,13-15,25H2,3H3,(H,26,27)(H,28,30)/b19-5+. The number of aromatic amines is 1. The first-order chi connectivity index (χ1) is 16.0. The Labute approximate surface area is 198 Å². The number of rotatable bonds is 11. The summed E-state index contributed by atoms with van der Waals surface area (Å²) in [5.74, 6) is 1.42. The highest BCUT2D eigenvalue weighted by Crippen LogP contribution is 2.37. The summed E-state index contributed by atoms with van der Waals surface area (Å²) in [6.07, 6.45) is 9.28. The minimum Gasteiger partial charge on any atom is -0.497 e. The summed E-state index contributed by atoms with van der Waals surface area (Å²) in [5.41, 5.74) is 8.88. The zero-order valence-corrected chi connectivity index (χ0v) is 19.8. The summed E-state index contributed by atoms with van der Waals surface area (Å²) in [7, 11) is 1.56. The molecule has 2 aromatic rings. The first-order valence-corrected chi connectivity index (χ1v) is 11.7. The molecule has 2 aromatic heterocycles. The topological polar surface area (TPSA) is 113 Å². The molecule has 0 saturated carbocycles. The van der Waals surface area contributed by atoms with E-state index in [0.29, 0.717) is 44.7 Å². The molecule has 9 heteroatoms. The molecule has 0 atom stereocenters. The third-order valence-electron chi connectivity index (χ3n) is 5.60. The molecule has 0 bridgehead atoms. The van der Waals surface area contributed by atoms with Crippen LogP contribution in [0.25, 0.3) is 0 Å². The van der Waals surface area contributed by atoms with Crippen molar-refractivity contribution < 1.29 is 14.3 Å². The molecule has 1 aliphatic rings. The molecule has 2 amide bonds. The van der Waals surface area contributed by atoms with Crippen LogP contribution >= 0.6 is 11.3 Å². The smallest absolute Gasteiger partial charge is 0.225 e. The van der Waals surface area contributed by atoms with Gasteiger partial charge in [-0.2, -0.15) is 0 Å². The molecule has 0 aliphatic carbocycles. The van der Waals surface area contributed by atoms with E-state index >= 15 is 0 Å². The van der Waals surface area contributed by atoms with Crippen LogP contribution in [0.3, 0.4) is 0 Å². The summed E-state index contributed by atoms with van der Waals surface area (Å²) in [5, 5.41) is 3.79. The average molecular weight is 470 g/mol. The molecule has 0 spiro atoms. The van der Waals surface area contributed by atoms with Gasteiger partial charge in [-0.25, -0.2) is 4.98 Å². The second-order valence-electron chi connectivity index (χ2n) is 7.74. The van der Waals surface area contributed by atoms with Crippen molar-refractivity contribution in [2.45, 2.75) is 45.2 Å². The molecule has 176 valence electrons. The number of hydrogen-bond donors (Lipinski definition) is 3. The number of ether oxygens (including phenoxy) is 1. The van der Waals surface area contributed by atoms with Gasteiger partial charge in [0.15, 0.2) is 0 Å². The highest BCUT2D eigenvalue weighted by Gasteiger charge is 2.27. The Morgan fingerprint density at radius 1 is 1.39 bits per heavy atom. The van der Waals surface area contributed by atoms with E-state index < -0.39 is 0 Å². The Kier molecular flexibility index (Phi) is 8.62. The first kappa shape index (κ1) is 24.5. The number of aryl methyl sites for hydroxylation is 1. The molecule has 0 unspecified atom stereocenters. The van der Waals surface area contributed by atoms with Crippen LogP contribution in [0.2, 0.25) is 0 Å². The number of hydrogen-bond acceptors (Lipinski definition) is 6. The van der Waals surface area contributed by atoms with Crippen molar-refractivity contribution in [3.8, 4) is 0 Å². The van der Waals surface area contributed by atoms with Crippen molar-refractivity contribution >= 4 is 28.2 Å². The number of nitrogens with two attached hydrogens (primary N) is 1. The molecule has 33 heavy (non-hydrogen) atoms. The van der Waals surface area contributed by atoms with E-state index in [0.717, 1.165) is 38.8 Å². The predicted molar refractivity (Wildman–Crippen MR) is 131 cm³/mol. The highest BCUT2D eigenvalue weighted by molar-refractivity contribution is 7.16. The van der Waals surface area contributed by atoms with Gasteiger partial charge in [-0.1, -0.05) is 19.2 Å². The first-order valence-electron chi connectivity index (χ1n) is 10.9. The number of amides is 2. The Morgan fingerprint density at radius 3 is 2.88 bits per heavy atom. The second kappa shape index (κ2) is 11.6. The minimum atomic E-state index is -0.107. The molecule has 0 fully saturated rings. The monoisotopic (exact) mass is 469 g/mol. The van der Waals surface area contributed by atoms with Gasteiger partial charge in [0.25, 0.3) is 0 Å². The van der Waals surface area contributed by atoms with Gasteiger partial charge in [-0.3, -0.25) is 9.59 Å². The number of methoxy groups -OCH3 is 1. The largest absolute Gasteiger partial charge is 0.497 e. The van der Waals surface area contributed by atoms with Crippen LogP contribution in [0.15, 0.2) is 49.0 Å². The molecular formula is C24H31N5O3S. The lowest BCUT2D eigenvalue weighted by Gasteiger charge is -2.27. The molecule has 0 aromatic carbocycles. The van der Waals surface area contributed by atoms with Crippen molar-refractivity contribution in [3.05, 3.63) is 70.9 Å². The highest BCUT2D eigenvalue weighted by atomic mass is 32.1. The van der Waals surface area contributed by atoms with E-state index in [1.165, 1.54) is 11.3 Å². The zero-order valence-electron chi connectivity index (χ0n) is 19.0. The fourth-order valence-electron chi connectivity index (χ4n) is 3.83. The van der Waals surface area contributed by atoms with Crippen LogP contribution < -0.4 is 11.1 Å². The van der Waals surface area contributed by atoms with E-state index in [-0.39, 0.29) is 18.2 Å². The maximum atomic E-state index is 12.7. The van der Waals surface area contributed by atoms with E-state index in [9.17, 15) is 9.59 Å².